The molecule has 0 radical (unpaired) electrons. The molecule has 2 aromatic rings. The summed E-state index contributed by atoms with van der Waals surface area (Å²) in [5.41, 5.74) is 2.85. The van der Waals surface area contributed by atoms with Crippen LogP contribution in [0.15, 0.2) is 16.8 Å². The minimum absolute atomic E-state index is 0.278. The van der Waals surface area contributed by atoms with Gasteiger partial charge in [-0.15, -0.1) is 0 Å². The topological polar surface area (TPSA) is 75.4 Å². The van der Waals surface area contributed by atoms with Gasteiger partial charge in [-0.05, 0) is 45.4 Å². The molecule has 0 aromatic carbocycles. The number of hydrogen-bond donors (Lipinski definition) is 0. The lowest BCUT2D eigenvalue weighted by molar-refractivity contribution is -0.139. The second kappa shape index (κ2) is 7.76. The number of carbonyl (C=O) groups is 1. The van der Waals surface area contributed by atoms with Gasteiger partial charge in [0.05, 0.1) is 17.0 Å². The zero-order valence-electron chi connectivity index (χ0n) is 17.1. The van der Waals surface area contributed by atoms with E-state index in [2.05, 4.69) is 19.9 Å². The fourth-order valence-corrected chi connectivity index (χ4v) is 4.73. The van der Waals surface area contributed by atoms with E-state index in [4.69, 9.17) is 9.51 Å². The third-order valence-corrected chi connectivity index (χ3v) is 6.74. The smallest absolute Gasteiger partial charge is 0.225 e. The van der Waals surface area contributed by atoms with Gasteiger partial charge in [0.2, 0.25) is 11.9 Å². The molecule has 1 aliphatic carbocycles. The van der Waals surface area contributed by atoms with Gasteiger partial charge in [-0.1, -0.05) is 11.6 Å². The highest BCUT2D eigenvalue weighted by Gasteiger charge is 2.33. The molecule has 3 fully saturated rings. The number of carbonyl (C=O) groups excluding carboxylic acids is 1. The zero-order valence-corrected chi connectivity index (χ0v) is 17.1. The molecule has 2 aliphatic heterocycles. The van der Waals surface area contributed by atoms with Crippen molar-refractivity contribution in [2.24, 2.45) is 5.92 Å². The summed E-state index contributed by atoms with van der Waals surface area (Å²) in [6.45, 7) is 5.61. The van der Waals surface area contributed by atoms with Crippen molar-refractivity contribution >= 4 is 11.9 Å². The van der Waals surface area contributed by atoms with Crippen molar-refractivity contribution in [2.75, 3.05) is 31.1 Å². The molecule has 0 unspecified atom stereocenters. The Balaban J connectivity index is 1.39. The summed E-state index contributed by atoms with van der Waals surface area (Å²) < 4.78 is 5.55. The predicted molar refractivity (Wildman–Crippen MR) is 110 cm³/mol. The van der Waals surface area contributed by atoms with Crippen molar-refractivity contribution < 1.29 is 9.32 Å². The molecular formula is C22H29N5O2. The highest BCUT2D eigenvalue weighted by Crippen LogP contribution is 2.37. The van der Waals surface area contributed by atoms with Crippen molar-refractivity contribution in [2.45, 2.75) is 57.8 Å². The predicted octanol–water partition coefficient (Wildman–Crippen LogP) is 3.55. The fraction of sp³-hybridized carbons (Fsp3) is 0.636. The molecule has 5 rings (SSSR count). The van der Waals surface area contributed by atoms with Crippen LogP contribution in [0.2, 0.25) is 0 Å². The Labute approximate surface area is 171 Å². The third kappa shape index (κ3) is 3.63. The highest BCUT2D eigenvalue weighted by atomic mass is 16.5. The number of hydrogen-bond acceptors (Lipinski definition) is 6. The Morgan fingerprint density at radius 3 is 2.45 bits per heavy atom. The molecule has 1 amide bonds. The van der Waals surface area contributed by atoms with Crippen LogP contribution in [0.4, 0.5) is 5.95 Å². The van der Waals surface area contributed by atoms with Gasteiger partial charge in [-0.3, -0.25) is 4.79 Å². The average molecular weight is 396 g/mol. The molecule has 0 N–H and O–H groups in total. The number of likely N-dealkylation sites (tertiary alicyclic amines) is 1. The minimum atomic E-state index is 0.278. The molecular weight excluding hydrogens is 366 g/mol. The van der Waals surface area contributed by atoms with Crippen LogP contribution >= 0.6 is 0 Å². The van der Waals surface area contributed by atoms with Gasteiger partial charge < -0.3 is 14.3 Å². The minimum Gasteiger partial charge on any atom is -0.356 e. The number of aromatic nitrogens is 3. The van der Waals surface area contributed by atoms with Gasteiger partial charge in [0, 0.05) is 50.3 Å². The Morgan fingerprint density at radius 1 is 1.07 bits per heavy atom. The second-order valence-corrected chi connectivity index (χ2v) is 8.72. The van der Waals surface area contributed by atoms with Gasteiger partial charge in [-0.2, -0.15) is 0 Å². The normalized spacial score (nSPS) is 20.9. The SMILES string of the molecule is Cc1cc(-c2cnc(N3CCCC3)nc2C2CCN(C(=O)C3CCC3)CC2)on1. The molecule has 0 bridgehead atoms. The van der Waals surface area contributed by atoms with Crippen molar-refractivity contribution in [3.63, 3.8) is 0 Å². The van der Waals surface area contributed by atoms with E-state index in [0.717, 1.165) is 80.5 Å². The maximum absolute atomic E-state index is 12.6. The summed E-state index contributed by atoms with van der Waals surface area (Å²) in [7, 11) is 0. The first-order chi connectivity index (χ1) is 14.2. The van der Waals surface area contributed by atoms with E-state index >= 15 is 0 Å². The quantitative estimate of drug-likeness (QED) is 0.788. The Bertz CT molecular complexity index is 877. The van der Waals surface area contributed by atoms with Crippen LogP contribution in [-0.2, 0) is 4.79 Å². The molecule has 0 spiro atoms. The third-order valence-electron chi connectivity index (χ3n) is 6.74. The van der Waals surface area contributed by atoms with Crippen molar-refractivity contribution in [1.29, 1.82) is 0 Å². The maximum atomic E-state index is 12.6. The van der Waals surface area contributed by atoms with E-state index in [1.54, 1.807) is 0 Å². The number of nitrogens with zero attached hydrogens (tertiary/aromatic N) is 5. The number of anilines is 1. The molecule has 29 heavy (non-hydrogen) atoms. The van der Waals surface area contributed by atoms with Gasteiger partial charge in [-0.25, -0.2) is 9.97 Å². The monoisotopic (exact) mass is 395 g/mol. The molecule has 3 aliphatic rings. The van der Waals surface area contributed by atoms with Gasteiger partial charge in [0.25, 0.3) is 0 Å². The first-order valence-electron chi connectivity index (χ1n) is 11.0. The first-order valence-corrected chi connectivity index (χ1v) is 11.0. The lowest BCUT2D eigenvalue weighted by atomic mass is 9.83. The van der Waals surface area contributed by atoms with Gasteiger partial charge in [0.1, 0.15) is 0 Å². The second-order valence-electron chi connectivity index (χ2n) is 8.72. The van der Waals surface area contributed by atoms with E-state index in [-0.39, 0.29) is 5.92 Å². The molecule has 0 atom stereocenters. The van der Waals surface area contributed by atoms with E-state index < -0.39 is 0 Å². The maximum Gasteiger partial charge on any atom is 0.225 e. The van der Waals surface area contributed by atoms with Crippen LogP contribution < -0.4 is 4.90 Å². The highest BCUT2D eigenvalue weighted by molar-refractivity contribution is 5.79. The van der Waals surface area contributed by atoms with E-state index in [1.807, 2.05) is 19.2 Å². The lowest BCUT2D eigenvalue weighted by Gasteiger charge is -2.36. The Hall–Kier alpha value is -2.44. The average Bonchev–Trinajstić information content (AvgIpc) is 3.38. The van der Waals surface area contributed by atoms with Crippen molar-refractivity contribution in [1.82, 2.24) is 20.0 Å². The summed E-state index contributed by atoms with van der Waals surface area (Å²) in [5, 5.41) is 4.06. The van der Waals surface area contributed by atoms with Crippen LogP contribution in [0.5, 0.6) is 0 Å². The Kier molecular flexibility index (Phi) is 4.97. The van der Waals surface area contributed by atoms with Crippen LogP contribution in [0.3, 0.4) is 0 Å². The number of aryl methyl sites for hydroxylation is 1. The van der Waals surface area contributed by atoms with Crippen LogP contribution in [-0.4, -0.2) is 52.1 Å². The molecule has 7 nitrogen and oxygen atoms in total. The van der Waals surface area contributed by atoms with E-state index in [1.165, 1.54) is 19.3 Å². The van der Waals surface area contributed by atoms with Crippen LogP contribution in [0, 0.1) is 12.8 Å². The number of rotatable bonds is 4. The fourth-order valence-electron chi connectivity index (χ4n) is 4.73. The summed E-state index contributed by atoms with van der Waals surface area (Å²) in [5.74, 6) is 2.51. The van der Waals surface area contributed by atoms with Crippen LogP contribution in [0.1, 0.15) is 62.3 Å². The molecule has 1 saturated carbocycles. The summed E-state index contributed by atoms with van der Waals surface area (Å²) >= 11 is 0. The molecule has 2 aromatic heterocycles. The number of piperidine rings is 1. The van der Waals surface area contributed by atoms with Gasteiger partial charge >= 0.3 is 0 Å². The van der Waals surface area contributed by atoms with Gasteiger partial charge in [0.15, 0.2) is 5.76 Å². The lowest BCUT2D eigenvalue weighted by Crippen LogP contribution is -2.43. The zero-order chi connectivity index (χ0) is 19.8. The largest absolute Gasteiger partial charge is 0.356 e. The summed E-state index contributed by atoms with van der Waals surface area (Å²) in [6.07, 6.45) is 9.52. The number of amides is 1. The summed E-state index contributed by atoms with van der Waals surface area (Å²) in [6, 6.07) is 1.95. The Morgan fingerprint density at radius 2 is 1.83 bits per heavy atom. The molecule has 154 valence electrons. The molecule has 7 heteroatoms. The van der Waals surface area contributed by atoms with Crippen molar-refractivity contribution in [3.8, 4) is 11.3 Å². The van der Waals surface area contributed by atoms with E-state index in [0.29, 0.717) is 11.8 Å². The molecule has 4 heterocycles. The van der Waals surface area contributed by atoms with Crippen molar-refractivity contribution in [3.05, 3.63) is 23.7 Å². The first kappa shape index (κ1) is 18.6. The van der Waals surface area contributed by atoms with E-state index in [9.17, 15) is 4.79 Å². The van der Waals surface area contributed by atoms with Crippen LogP contribution in [0.25, 0.3) is 11.3 Å². The standard InChI is InChI=1S/C22H29N5O2/c1-15-13-19(29-25-15)18-14-23-22(27-9-2-3-10-27)24-20(18)16-7-11-26(12-8-16)21(28)17-5-4-6-17/h13-14,16-17H,2-12H2,1H3. The molecule has 2 saturated heterocycles. The summed E-state index contributed by atoms with van der Waals surface area (Å²) in [4.78, 5) is 26.6.